The van der Waals surface area contributed by atoms with Crippen molar-refractivity contribution in [3.05, 3.63) is 57.2 Å². The van der Waals surface area contributed by atoms with Gasteiger partial charge in [0.25, 0.3) is 11.8 Å². The zero-order valence-electron chi connectivity index (χ0n) is 14.2. The molecule has 2 rings (SSSR count). The number of benzene rings is 1. The van der Waals surface area contributed by atoms with Gasteiger partial charge in [-0.1, -0.05) is 35.9 Å². The molecule has 2 amide bonds. The van der Waals surface area contributed by atoms with Crippen LogP contribution in [-0.2, 0) is 22.7 Å². The molecule has 1 unspecified atom stereocenters. The van der Waals surface area contributed by atoms with Gasteiger partial charge in [-0.15, -0.1) is 11.3 Å². The smallest absolute Gasteiger partial charge is 0.275 e. The van der Waals surface area contributed by atoms with E-state index in [0.717, 1.165) is 15.3 Å². The number of nitrogens with one attached hydrogen (secondary N) is 3. The second-order valence-electron chi connectivity index (χ2n) is 5.68. The second-order valence-corrected chi connectivity index (χ2v) is 7.12. The lowest BCUT2D eigenvalue weighted by molar-refractivity contribution is -0.881. The molecule has 1 aromatic carbocycles. The van der Waals surface area contributed by atoms with Crippen LogP contribution in [0.4, 0.5) is 0 Å². The van der Waals surface area contributed by atoms with Gasteiger partial charge in [0.05, 0.1) is 13.1 Å². The molecule has 7 heteroatoms. The SMILES string of the molecule is CC[NH+](CC(=O)NCc1cccs1)CC(=O)NCc1ccccc1Cl. The van der Waals surface area contributed by atoms with Gasteiger partial charge in [-0.3, -0.25) is 9.59 Å². The van der Waals surface area contributed by atoms with Gasteiger partial charge >= 0.3 is 0 Å². The first-order valence-corrected chi connectivity index (χ1v) is 9.47. The average molecular weight is 381 g/mol. The van der Waals surface area contributed by atoms with Crippen LogP contribution in [-0.4, -0.2) is 31.4 Å². The van der Waals surface area contributed by atoms with E-state index in [-0.39, 0.29) is 24.9 Å². The molecule has 0 saturated heterocycles. The summed E-state index contributed by atoms with van der Waals surface area (Å²) in [6.45, 7) is 4.12. The van der Waals surface area contributed by atoms with E-state index in [4.69, 9.17) is 11.6 Å². The molecule has 25 heavy (non-hydrogen) atoms. The standard InChI is InChI=1S/C18H22ClN3O2S/c1-2-22(13-18(24)21-11-15-7-5-9-25-15)12-17(23)20-10-14-6-3-4-8-16(14)19/h3-9H,2,10-13H2,1H3,(H,20,23)(H,21,24)/p+1. The van der Waals surface area contributed by atoms with Crippen molar-refractivity contribution in [2.24, 2.45) is 0 Å². The fraction of sp³-hybridized carbons (Fsp3) is 0.333. The van der Waals surface area contributed by atoms with Gasteiger partial charge in [0, 0.05) is 16.4 Å². The topological polar surface area (TPSA) is 62.6 Å². The molecule has 3 N–H and O–H groups in total. The van der Waals surface area contributed by atoms with Crippen LogP contribution in [0.15, 0.2) is 41.8 Å². The highest BCUT2D eigenvalue weighted by molar-refractivity contribution is 7.09. The number of halogens is 1. The van der Waals surface area contributed by atoms with Crippen LogP contribution in [0, 0.1) is 0 Å². The maximum absolute atomic E-state index is 12.1. The molecule has 0 aliphatic carbocycles. The van der Waals surface area contributed by atoms with Gasteiger partial charge in [0.2, 0.25) is 0 Å². The highest BCUT2D eigenvalue weighted by Gasteiger charge is 2.16. The summed E-state index contributed by atoms with van der Waals surface area (Å²) < 4.78 is 0. The van der Waals surface area contributed by atoms with Crippen LogP contribution >= 0.6 is 22.9 Å². The summed E-state index contributed by atoms with van der Waals surface area (Å²) >= 11 is 7.69. The molecule has 0 aliphatic heterocycles. The van der Waals surface area contributed by atoms with Gasteiger partial charge in [-0.05, 0) is 30.0 Å². The molecule has 0 spiro atoms. The van der Waals surface area contributed by atoms with Crippen molar-refractivity contribution in [1.29, 1.82) is 0 Å². The summed E-state index contributed by atoms with van der Waals surface area (Å²) in [6, 6.07) is 11.4. The first kappa shape index (κ1) is 19.4. The predicted octanol–water partition coefficient (Wildman–Crippen LogP) is 1.24. The van der Waals surface area contributed by atoms with Crippen LogP contribution in [0.5, 0.6) is 0 Å². The van der Waals surface area contributed by atoms with E-state index < -0.39 is 0 Å². The zero-order chi connectivity index (χ0) is 18.1. The highest BCUT2D eigenvalue weighted by atomic mass is 35.5. The van der Waals surface area contributed by atoms with E-state index in [0.29, 0.717) is 24.7 Å². The molecule has 0 radical (unpaired) electrons. The highest BCUT2D eigenvalue weighted by Crippen LogP contribution is 2.14. The number of hydrogen-bond donors (Lipinski definition) is 3. The van der Waals surface area contributed by atoms with Crippen LogP contribution in [0.3, 0.4) is 0 Å². The summed E-state index contributed by atoms with van der Waals surface area (Å²) in [5.74, 6) is -0.146. The molecule has 134 valence electrons. The quantitative estimate of drug-likeness (QED) is 0.613. The Labute approximate surface area is 157 Å². The van der Waals surface area contributed by atoms with Crippen LogP contribution in [0.2, 0.25) is 5.02 Å². The Morgan fingerprint density at radius 2 is 1.72 bits per heavy atom. The lowest BCUT2D eigenvalue weighted by Gasteiger charge is -2.17. The number of carbonyl (C=O) groups is 2. The fourth-order valence-electron chi connectivity index (χ4n) is 2.33. The molecule has 2 aromatic rings. The molecule has 0 fully saturated rings. The summed E-state index contributed by atoms with van der Waals surface area (Å²) in [5.41, 5.74) is 0.879. The second kappa shape index (κ2) is 10.2. The fourth-order valence-corrected chi connectivity index (χ4v) is 3.17. The van der Waals surface area contributed by atoms with Crippen molar-refractivity contribution >= 4 is 34.8 Å². The van der Waals surface area contributed by atoms with Crippen molar-refractivity contribution in [2.45, 2.75) is 20.0 Å². The summed E-state index contributed by atoms with van der Waals surface area (Å²) in [4.78, 5) is 26.2. The van der Waals surface area contributed by atoms with E-state index in [1.807, 2.05) is 42.6 Å². The van der Waals surface area contributed by atoms with E-state index in [1.165, 1.54) is 0 Å². The Morgan fingerprint density at radius 3 is 2.32 bits per heavy atom. The Kier molecular flexibility index (Phi) is 7.91. The number of thiophene rings is 1. The van der Waals surface area contributed by atoms with Crippen LogP contribution in [0.1, 0.15) is 17.4 Å². The number of rotatable bonds is 9. The number of amides is 2. The molecule has 0 aliphatic rings. The molecular formula is C18H23ClN3O2S+. The molecule has 0 bridgehead atoms. The largest absolute Gasteiger partial charge is 0.347 e. The Hall–Kier alpha value is -1.89. The third kappa shape index (κ3) is 6.86. The minimum atomic E-state index is -0.0946. The Balaban J connectivity index is 1.73. The average Bonchev–Trinajstić information content (AvgIpc) is 3.12. The maximum Gasteiger partial charge on any atom is 0.275 e. The molecular weight excluding hydrogens is 358 g/mol. The normalized spacial score (nSPS) is 11.8. The Morgan fingerprint density at radius 1 is 1.04 bits per heavy atom. The summed E-state index contributed by atoms with van der Waals surface area (Å²) in [6.07, 6.45) is 0. The third-order valence-corrected chi connectivity index (χ3v) is 5.04. The Bertz CT molecular complexity index is 691. The van der Waals surface area contributed by atoms with Crippen molar-refractivity contribution in [1.82, 2.24) is 10.6 Å². The van der Waals surface area contributed by atoms with Gasteiger partial charge < -0.3 is 15.5 Å². The number of quaternary nitrogens is 1. The van der Waals surface area contributed by atoms with E-state index >= 15 is 0 Å². The maximum atomic E-state index is 12.1. The molecule has 1 atom stereocenters. The molecule has 5 nitrogen and oxygen atoms in total. The monoisotopic (exact) mass is 380 g/mol. The van der Waals surface area contributed by atoms with E-state index in [9.17, 15) is 9.59 Å². The van der Waals surface area contributed by atoms with E-state index in [1.54, 1.807) is 17.4 Å². The predicted molar refractivity (Wildman–Crippen MR) is 101 cm³/mol. The lowest BCUT2D eigenvalue weighted by atomic mass is 10.2. The van der Waals surface area contributed by atoms with Gasteiger partial charge in [0.1, 0.15) is 0 Å². The van der Waals surface area contributed by atoms with Gasteiger partial charge in [-0.2, -0.15) is 0 Å². The molecule has 0 saturated carbocycles. The van der Waals surface area contributed by atoms with Gasteiger partial charge in [0.15, 0.2) is 13.1 Å². The molecule has 1 aromatic heterocycles. The van der Waals surface area contributed by atoms with Crippen molar-refractivity contribution < 1.29 is 14.5 Å². The minimum absolute atomic E-state index is 0.0517. The number of likely N-dealkylation sites (N-methyl/N-ethyl adjacent to an activating group) is 1. The number of carbonyl (C=O) groups excluding carboxylic acids is 2. The van der Waals surface area contributed by atoms with Crippen LogP contribution in [0.25, 0.3) is 0 Å². The zero-order valence-corrected chi connectivity index (χ0v) is 15.8. The lowest BCUT2D eigenvalue weighted by Crippen LogP contribution is -3.14. The van der Waals surface area contributed by atoms with Crippen molar-refractivity contribution in [2.75, 3.05) is 19.6 Å². The first-order chi connectivity index (χ1) is 12.1. The summed E-state index contributed by atoms with van der Waals surface area (Å²) in [7, 11) is 0. The minimum Gasteiger partial charge on any atom is -0.347 e. The summed E-state index contributed by atoms with van der Waals surface area (Å²) in [5, 5.41) is 8.36. The third-order valence-electron chi connectivity index (χ3n) is 3.79. The van der Waals surface area contributed by atoms with E-state index in [2.05, 4.69) is 10.6 Å². The van der Waals surface area contributed by atoms with Crippen molar-refractivity contribution in [3.63, 3.8) is 0 Å². The van der Waals surface area contributed by atoms with Crippen molar-refractivity contribution in [3.8, 4) is 0 Å². The molecule has 1 heterocycles. The number of hydrogen-bond acceptors (Lipinski definition) is 3. The van der Waals surface area contributed by atoms with Crippen LogP contribution < -0.4 is 15.5 Å². The first-order valence-electron chi connectivity index (χ1n) is 8.21. The van der Waals surface area contributed by atoms with Gasteiger partial charge in [-0.25, -0.2) is 0 Å².